The Hall–Kier alpha value is -0.926. The monoisotopic (exact) mass is 388 g/mol. The molecule has 0 fully saturated rings. The van der Waals surface area contributed by atoms with Gasteiger partial charge < -0.3 is 13.9 Å². The lowest BCUT2D eigenvalue weighted by molar-refractivity contribution is -0.147. The van der Waals surface area contributed by atoms with E-state index in [1.807, 2.05) is 5.70 Å². The zero-order valence-corrected chi connectivity index (χ0v) is 19.6. The summed E-state index contributed by atoms with van der Waals surface area (Å²) in [5.74, 6) is -1.55. The maximum absolute atomic E-state index is 12.3. The summed E-state index contributed by atoms with van der Waals surface area (Å²) in [6.07, 6.45) is 0.407. The summed E-state index contributed by atoms with van der Waals surface area (Å²) < 4.78 is 16.0. The van der Waals surface area contributed by atoms with E-state index in [1.54, 1.807) is 0 Å². The van der Waals surface area contributed by atoms with Crippen LogP contribution in [0.5, 0.6) is 0 Å². The molecule has 0 aliphatic heterocycles. The maximum atomic E-state index is 12.3. The fourth-order valence-electron chi connectivity index (χ4n) is 2.08. The first-order chi connectivity index (χ1) is 11.2. The first-order valence-corrected chi connectivity index (χ1v) is 15.2. The molecular formula is C18H36O5Si2. The SMILES string of the molecule is COC(=O)/C(=C\[Si](C)(C)C)C(CCO[Si](C)(C)C(C)(C)C)C(=O)OC. The van der Waals surface area contributed by atoms with Crippen LogP contribution in [-0.2, 0) is 23.5 Å². The molecule has 5 nitrogen and oxygen atoms in total. The molecule has 0 amide bonds. The van der Waals surface area contributed by atoms with E-state index in [1.165, 1.54) is 14.2 Å². The lowest BCUT2D eigenvalue weighted by atomic mass is 9.97. The maximum Gasteiger partial charge on any atom is 0.333 e. The molecule has 0 aromatic carbocycles. The quantitative estimate of drug-likeness (QED) is 0.355. The van der Waals surface area contributed by atoms with Crippen molar-refractivity contribution in [3.63, 3.8) is 0 Å². The highest BCUT2D eigenvalue weighted by Gasteiger charge is 2.38. The van der Waals surface area contributed by atoms with Gasteiger partial charge in [-0.1, -0.05) is 46.1 Å². The van der Waals surface area contributed by atoms with Crippen molar-refractivity contribution in [3.8, 4) is 0 Å². The summed E-state index contributed by atoms with van der Waals surface area (Å²) in [5, 5.41) is 0.0904. The summed E-state index contributed by atoms with van der Waals surface area (Å²) in [6, 6.07) is 0. The second kappa shape index (κ2) is 9.14. The van der Waals surface area contributed by atoms with Gasteiger partial charge in [0.1, 0.15) is 0 Å². The molecule has 1 unspecified atom stereocenters. The standard InChI is InChI=1S/C18H36O5Si2/c1-18(2,3)25(9,10)23-12-11-14(16(19)21-4)15(17(20)22-5)13-24(6,7)8/h13-14H,11-12H2,1-10H3/b15-13-. The van der Waals surface area contributed by atoms with Crippen LogP contribution in [0.2, 0.25) is 37.8 Å². The molecule has 25 heavy (non-hydrogen) atoms. The molecule has 0 radical (unpaired) electrons. The summed E-state index contributed by atoms with van der Waals surface area (Å²) in [4.78, 5) is 24.6. The topological polar surface area (TPSA) is 61.8 Å². The molecule has 0 aliphatic carbocycles. The molecule has 0 rings (SSSR count). The molecule has 146 valence electrons. The van der Waals surface area contributed by atoms with Crippen LogP contribution in [0.1, 0.15) is 27.2 Å². The number of rotatable bonds is 8. The lowest BCUT2D eigenvalue weighted by Gasteiger charge is -2.36. The predicted octanol–water partition coefficient (Wildman–Crippen LogP) is 4.16. The number of hydrogen-bond donors (Lipinski definition) is 0. The Labute approximate surface area is 155 Å². The van der Waals surface area contributed by atoms with Crippen molar-refractivity contribution in [2.75, 3.05) is 20.8 Å². The average Bonchev–Trinajstić information content (AvgIpc) is 2.46. The Morgan fingerprint density at radius 3 is 1.88 bits per heavy atom. The molecule has 7 heteroatoms. The van der Waals surface area contributed by atoms with Gasteiger partial charge in [-0.2, -0.15) is 0 Å². The summed E-state index contributed by atoms with van der Waals surface area (Å²) in [6.45, 7) is 17.6. The van der Waals surface area contributed by atoms with Crippen molar-refractivity contribution in [2.24, 2.45) is 5.92 Å². The third-order valence-electron chi connectivity index (χ3n) is 4.55. The number of methoxy groups -OCH3 is 2. The molecule has 0 saturated heterocycles. The molecule has 0 heterocycles. The summed E-state index contributed by atoms with van der Waals surface area (Å²) in [5.41, 5.74) is 2.32. The van der Waals surface area contributed by atoms with E-state index < -0.39 is 34.2 Å². The van der Waals surface area contributed by atoms with E-state index in [0.717, 1.165) is 0 Å². The van der Waals surface area contributed by atoms with E-state index >= 15 is 0 Å². The van der Waals surface area contributed by atoms with Crippen LogP contribution in [-0.4, -0.2) is 49.2 Å². The zero-order chi connectivity index (χ0) is 20.1. The van der Waals surface area contributed by atoms with E-state index in [-0.39, 0.29) is 5.04 Å². The number of carbonyl (C=O) groups is 2. The largest absolute Gasteiger partial charge is 0.469 e. The molecule has 0 N–H and O–H groups in total. The minimum Gasteiger partial charge on any atom is -0.469 e. The molecule has 1 atom stereocenters. The summed E-state index contributed by atoms with van der Waals surface area (Å²) >= 11 is 0. The van der Waals surface area contributed by atoms with Crippen molar-refractivity contribution < 1.29 is 23.5 Å². The first-order valence-electron chi connectivity index (χ1n) is 8.69. The van der Waals surface area contributed by atoms with Gasteiger partial charge in [-0.15, -0.1) is 0 Å². The van der Waals surface area contributed by atoms with Crippen molar-refractivity contribution in [1.82, 2.24) is 0 Å². The highest BCUT2D eigenvalue weighted by Crippen LogP contribution is 2.37. The molecule has 0 spiro atoms. The third-order valence-corrected chi connectivity index (χ3v) is 10.3. The Morgan fingerprint density at radius 1 is 1.00 bits per heavy atom. The molecule has 0 aromatic heterocycles. The number of hydrogen-bond acceptors (Lipinski definition) is 5. The second-order valence-corrected chi connectivity index (χ2v) is 18.8. The van der Waals surface area contributed by atoms with Crippen LogP contribution in [0.4, 0.5) is 0 Å². The highest BCUT2D eigenvalue weighted by molar-refractivity contribution is 6.81. The Morgan fingerprint density at radius 2 is 1.52 bits per heavy atom. The van der Waals surface area contributed by atoms with Crippen LogP contribution < -0.4 is 0 Å². The molecule has 0 aromatic rings. The van der Waals surface area contributed by atoms with Gasteiger partial charge >= 0.3 is 11.9 Å². The molecule has 0 aliphatic rings. The van der Waals surface area contributed by atoms with Crippen molar-refractivity contribution >= 4 is 28.3 Å². The van der Waals surface area contributed by atoms with Crippen LogP contribution in [0.3, 0.4) is 0 Å². The number of esters is 2. The fourth-order valence-corrected chi connectivity index (χ4v) is 4.39. The second-order valence-electron chi connectivity index (χ2n) is 8.93. The molecule has 0 saturated carbocycles. The van der Waals surface area contributed by atoms with Gasteiger partial charge in [0.2, 0.25) is 0 Å². The van der Waals surface area contributed by atoms with Crippen molar-refractivity contribution in [3.05, 3.63) is 11.3 Å². The molecule has 0 bridgehead atoms. The van der Waals surface area contributed by atoms with Gasteiger partial charge in [0.25, 0.3) is 0 Å². The van der Waals surface area contributed by atoms with E-state index in [0.29, 0.717) is 18.6 Å². The Balaban J connectivity index is 5.46. The third kappa shape index (κ3) is 7.87. The van der Waals surface area contributed by atoms with Crippen LogP contribution in [0.25, 0.3) is 0 Å². The van der Waals surface area contributed by atoms with Crippen molar-refractivity contribution in [2.45, 2.75) is 65.0 Å². The van der Waals surface area contributed by atoms with Gasteiger partial charge in [-0.3, -0.25) is 4.79 Å². The lowest BCUT2D eigenvalue weighted by Crippen LogP contribution is -2.41. The minimum atomic E-state index is -1.91. The number of carbonyl (C=O) groups excluding carboxylic acids is 2. The van der Waals surface area contributed by atoms with E-state index in [2.05, 4.69) is 53.5 Å². The molecular weight excluding hydrogens is 352 g/mol. The Kier molecular flexibility index (Phi) is 8.80. The van der Waals surface area contributed by atoms with Crippen LogP contribution in [0, 0.1) is 5.92 Å². The van der Waals surface area contributed by atoms with Crippen molar-refractivity contribution in [1.29, 1.82) is 0 Å². The normalized spacial score (nSPS) is 14.9. The van der Waals surface area contributed by atoms with Crippen LogP contribution >= 0.6 is 0 Å². The van der Waals surface area contributed by atoms with E-state index in [4.69, 9.17) is 13.9 Å². The Bertz CT molecular complexity index is 499. The summed E-state index contributed by atoms with van der Waals surface area (Å²) in [7, 11) is -0.967. The fraction of sp³-hybridized carbons (Fsp3) is 0.778. The van der Waals surface area contributed by atoms with Gasteiger partial charge in [0.05, 0.1) is 28.2 Å². The van der Waals surface area contributed by atoms with Gasteiger partial charge in [0.15, 0.2) is 8.32 Å². The van der Waals surface area contributed by atoms with Gasteiger partial charge in [-0.05, 0) is 24.6 Å². The average molecular weight is 389 g/mol. The smallest absolute Gasteiger partial charge is 0.333 e. The predicted molar refractivity (Wildman–Crippen MR) is 107 cm³/mol. The van der Waals surface area contributed by atoms with Crippen LogP contribution in [0.15, 0.2) is 11.3 Å². The van der Waals surface area contributed by atoms with E-state index in [9.17, 15) is 9.59 Å². The van der Waals surface area contributed by atoms with Gasteiger partial charge in [0, 0.05) is 12.2 Å². The minimum absolute atomic E-state index is 0.0904. The highest BCUT2D eigenvalue weighted by atomic mass is 28.4. The number of ether oxygens (including phenoxy) is 2. The first kappa shape index (κ1) is 24.1. The zero-order valence-electron chi connectivity index (χ0n) is 17.6. The van der Waals surface area contributed by atoms with Gasteiger partial charge in [-0.25, -0.2) is 4.79 Å².